The standard InChI is InChI=1S/C19H22FN3OS/c20-13-3-1-12(2-4-13)7-19-23-17(11-25-19)10-18(24)22-16-8-14-5-6-15(9-16)21-14/h1-4,11,14-16,21H,5-10H2,(H,22,24). The van der Waals surface area contributed by atoms with Crippen molar-refractivity contribution < 1.29 is 9.18 Å². The van der Waals surface area contributed by atoms with E-state index in [1.165, 1.54) is 25.0 Å². The predicted molar refractivity (Wildman–Crippen MR) is 96.1 cm³/mol. The molecule has 25 heavy (non-hydrogen) atoms. The summed E-state index contributed by atoms with van der Waals surface area (Å²) >= 11 is 1.55. The minimum Gasteiger partial charge on any atom is -0.353 e. The number of benzene rings is 1. The second-order valence-electron chi connectivity index (χ2n) is 7.09. The van der Waals surface area contributed by atoms with Gasteiger partial charge in [-0.15, -0.1) is 11.3 Å². The van der Waals surface area contributed by atoms with Gasteiger partial charge in [-0.05, 0) is 43.4 Å². The number of fused-ring (bicyclic) bond motifs is 2. The summed E-state index contributed by atoms with van der Waals surface area (Å²) in [6, 6.07) is 7.91. The topological polar surface area (TPSA) is 54.0 Å². The van der Waals surface area contributed by atoms with Gasteiger partial charge in [-0.1, -0.05) is 12.1 Å². The number of piperidine rings is 1. The summed E-state index contributed by atoms with van der Waals surface area (Å²) in [7, 11) is 0. The Morgan fingerprint density at radius 3 is 2.68 bits per heavy atom. The molecule has 3 heterocycles. The molecule has 4 rings (SSSR count). The molecule has 4 nitrogen and oxygen atoms in total. The smallest absolute Gasteiger partial charge is 0.226 e. The van der Waals surface area contributed by atoms with E-state index in [2.05, 4.69) is 15.6 Å². The van der Waals surface area contributed by atoms with E-state index < -0.39 is 0 Å². The molecule has 2 fully saturated rings. The van der Waals surface area contributed by atoms with Gasteiger partial charge in [0.05, 0.1) is 17.1 Å². The molecular formula is C19H22FN3OS. The van der Waals surface area contributed by atoms with Crippen molar-refractivity contribution in [2.75, 3.05) is 0 Å². The van der Waals surface area contributed by atoms with E-state index in [0.29, 0.717) is 31.0 Å². The van der Waals surface area contributed by atoms with Crippen molar-refractivity contribution in [3.63, 3.8) is 0 Å². The lowest BCUT2D eigenvalue weighted by Gasteiger charge is -2.29. The number of hydrogen-bond donors (Lipinski definition) is 2. The van der Waals surface area contributed by atoms with E-state index in [-0.39, 0.29) is 11.7 Å². The van der Waals surface area contributed by atoms with E-state index in [9.17, 15) is 9.18 Å². The third-order valence-corrected chi connectivity index (χ3v) is 5.95. The normalized spacial score (nSPS) is 25.1. The van der Waals surface area contributed by atoms with Crippen molar-refractivity contribution >= 4 is 17.2 Å². The van der Waals surface area contributed by atoms with E-state index in [0.717, 1.165) is 29.1 Å². The van der Waals surface area contributed by atoms with Crippen LogP contribution in [-0.4, -0.2) is 29.0 Å². The number of thiazole rings is 1. The number of aromatic nitrogens is 1. The van der Waals surface area contributed by atoms with Gasteiger partial charge in [-0.2, -0.15) is 0 Å². The Hall–Kier alpha value is -1.79. The third kappa shape index (κ3) is 4.25. The number of halogens is 1. The number of rotatable bonds is 5. The van der Waals surface area contributed by atoms with Gasteiger partial charge in [0.25, 0.3) is 0 Å². The van der Waals surface area contributed by atoms with Crippen LogP contribution in [0.3, 0.4) is 0 Å². The number of amides is 1. The Balaban J connectivity index is 1.30. The van der Waals surface area contributed by atoms with Gasteiger partial charge >= 0.3 is 0 Å². The Morgan fingerprint density at radius 1 is 1.24 bits per heavy atom. The molecule has 2 saturated heterocycles. The molecule has 6 heteroatoms. The van der Waals surface area contributed by atoms with Crippen LogP contribution in [0.4, 0.5) is 4.39 Å². The predicted octanol–water partition coefficient (Wildman–Crippen LogP) is 2.81. The zero-order valence-electron chi connectivity index (χ0n) is 14.0. The second kappa shape index (κ2) is 7.22. The second-order valence-corrected chi connectivity index (χ2v) is 8.03. The molecule has 132 valence electrons. The summed E-state index contributed by atoms with van der Waals surface area (Å²) in [5.74, 6) is -0.170. The first kappa shape index (κ1) is 16.7. The lowest BCUT2D eigenvalue weighted by atomic mass is 9.99. The molecule has 0 aliphatic carbocycles. The molecular weight excluding hydrogens is 337 g/mol. The lowest BCUT2D eigenvalue weighted by molar-refractivity contribution is -0.121. The number of hydrogen-bond acceptors (Lipinski definition) is 4. The fraction of sp³-hybridized carbons (Fsp3) is 0.474. The Labute approximate surface area is 150 Å². The zero-order chi connectivity index (χ0) is 17.2. The summed E-state index contributed by atoms with van der Waals surface area (Å²) in [5.41, 5.74) is 1.84. The van der Waals surface area contributed by atoms with Crippen molar-refractivity contribution in [1.82, 2.24) is 15.6 Å². The molecule has 0 radical (unpaired) electrons. The minimum absolute atomic E-state index is 0.0601. The van der Waals surface area contributed by atoms with Crippen LogP contribution in [0.15, 0.2) is 29.6 Å². The number of nitrogens with one attached hydrogen (secondary N) is 2. The summed E-state index contributed by atoms with van der Waals surface area (Å²) < 4.78 is 13.0. The monoisotopic (exact) mass is 359 g/mol. The van der Waals surface area contributed by atoms with Gasteiger partial charge in [0.15, 0.2) is 0 Å². The fourth-order valence-electron chi connectivity index (χ4n) is 3.91. The first-order valence-electron chi connectivity index (χ1n) is 8.87. The van der Waals surface area contributed by atoms with Crippen LogP contribution in [0.5, 0.6) is 0 Å². The molecule has 2 bridgehead atoms. The van der Waals surface area contributed by atoms with Crippen molar-refractivity contribution in [2.45, 2.75) is 56.7 Å². The maximum absolute atomic E-state index is 13.0. The molecule has 2 atom stereocenters. The summed E-state index contributed by atoms with van der Waals surface area (Å²) in [6.45, 7) is 0. The zero-order valence-corrected chi connectivity index (χ0v) is 14.8. The van der Waals surface area contributed by atoms with Gasteiger partial charge in [0, 0.05) is 29.9 Å². The number of nitrogens with zero attached hydrogens (tertiary/aromatic N) is 1. The van der Waals surface area contributed by atoms with Crippen LogP contribution in [0, 0.1) is 5.82 Å². The van der Waals surface area contributed by atoms with Gasteiger partial charge in [0.2, 0.25) is 5.91 Å². The Kier molecular flexibility index (Phi) is 4.81. The highest BCUT2D eigenvalue weighted by Gasteiger charge is 2.33. The SMILES string of the molecule is O=C(Cc1csc(Cc2ccc(F)cc2)n1)NC1CC2CCC(C1)N2. The Bertz CT molecular complexity index is 733. The van der Waals surface area contributed by atoms with Crippen LogP contribution in [0.2, 0.25) is 0 Å². The molecule has 1 amide bonds. The average molecular weight is 359 g/mol. The first-order valence-corrected chi connectivity index (χ1v) is 9.75. The number of carbonyl (C=O) groups is 1. The van der Waals surface area contributed by atoms with E-state index in [1.807, 2.05) is 5.38 Å². The minimum atomic E-state index is -0.230. The van der Waals surface area contributed by atoms with Crippen molar-refractivity contribution in [1.29, 1.82) is 0 Å². The van der Waals surface area contributed by atoms with Crippen LogP contribution in [0.25, 0.3) is 0 Å². The molecule has 0 saturated carbocycles. The highest BCUT2D eigenvalue weighted by Crippen LogP contribution is 2.26. The molecule has 1 aromatic heterocycles. The maximum Gasteiger partial charge on any atom is 0.226 e. The molecule has 0 spiro atoms. The molecule has 2 aliphatic heterocycles. The van der Waals surface area contributed by atoms with Crippen LogP contribution in [-0.2, 0) is 17.6 Å². The van der Waals surface area contributed by atoms with Crippen LogP contribution < -0.4 is 10.6 Å². The van der Waals surface area contributed by atoms with E-state index >= 15 is 0 Å². The highest BCUT2D eigenvalue weighted by atomic mass is 32.1. The van der Waals surface area contributed by atoms with E-state index in [1.54, 1.807) is 23.5 Å². The Morgan fingerprint density at radius 2 is 1.96 bits per heavy atom. The largest absolute Gasteiger partial charge is 0.353 e. The molecule has 2 N–H and O–H groups in total. The lowest BCUT2D eigenvalue weighted by Crippen LogP contribution is -2.48. The fourth-order valence-corrected chi connectivity index (χ4v) is 4.73. The van der Waals surface area contributed by atoms with Gasteiger partial charge in [-0.25, -0.2) is 9.37 Å². The maximum atomic E-state index is 13.0. The van der Waals surface area contributed by atoms with Gasteiger partial charge in [-0.3, -0.25) is 4.79 Å². The molecule has 1 aromatic carbocycles. The van der Waals surface area contributed by atoms with E-state index in [4.69, 9.17) is 0 Å². The molecule has 2 aromatic rings. The third-order valence-electron chi connectivity index (χ3n) is 5.05. The van der Waals surface area contributed by atoms with Gasteiger partial charge < -0.3 is 10.6 Å². The van der Waals surface area contributed by atoms with Crippen molar-refractivity contribution in [3.8, 4) is 0 Å². The van der Waals surface area contributed by atoms with Crippen molar-refractivity contribution in [2.24, 2.45) is 0 Å². The van der Waals surface area contributed by atoms with Crippen LogP contribution >= 0.6 is 11.3 Å². The summed E-state index contributed by atoms with van der Waals surface area (Å²) in [5, 5.41) is 9.67. The number of carbonyl (C=O) groups excluding carboxylic acids is 1. The summed E-state index contributed by atoms with van der Waals surface area (Å²) in [4.78, 5) is 16.9. The first-order chi connectivity index (χ1) is 12.1. The average Bonchev–Trinajstić information content (AvgIpc) is 3.15. The molecule has 2 aliphatic rings. The van der Waals surface area contributed by atoms with Crippen LogP contribution in [0.1, 0.15) is 41.9 Å². The van der Waals surface area contributed by atoms with Gasteiger partial charge in [0.1, 0.15) is 5.82 Å². The highest BCUT2D eigenvalue weighted by molar-refractivity contribution is 7.09. The molecule has 2 unspecified atom stereocenters. The summed E-state index contributed by atoms with van der Waals surface area (Å²) in [6.07, 6.45) is 5.54. The quantitative estimate of drug-likeness (QED) is 0.863. The van der Waals surface area contributed by atoms with Crippen molar-refractivity contribution in [3.05, 3.63) is 51.7 Å².